The van der Waals surface area contributed by atoms with Crippen molar-refractivity contribution in [2.45, 2.75) is 46.6 Å². The maximum Gasteiger partial charge on any atom is 0.242 e. The monoisotopic (exact) mass is 293 g/mol. The first-order chi connectivity index (χ1) is 9.99. The number of hydrogen-bond acceptors (Lipinski definition) is 5. The molecule has 3 N–H and O–H groups in total. The highest BCUT2D eigenvalue weighted by Gasteiger charge is 2.16. The van der Waals surface area contributed by atoms with E-state index in [0.29, 0.717) is 12.5 Å². The molecular weight excluding hydrogens is 266 g/mol. The third kappa shape index (κ3) is 5.21. The van der Waals surface area contributed by atoms with E-state index in [9.17, 15) is 4.79 Å². The Balaban J connectivity index is 2.79. The Hall–Kier alpha value is -1.85. The summed E-state index contributed by atoms with van der Waals surface area (Å²) in [6, 6.07) is -0.334. The van der Waals surface area contributed by atoms with Crippen molar-refractivity contribution < 1.29 is 4.79 Å². The normalized spacial score (nSPS) is 12.1. The van der Waals surface area contributed by atoms with Gasteiger partial charge in [0.2, 0.25) is 5.91 Å². The van der Waals surface area contributed by atoms with Gasteiger partial charge < -0.3 is 16.0 Å². The summed E-state index contributed by atoms with van der Waals surface area (Å²) in [6.45, 7) is 8.77. The van der Waals surface area contributed by atoms with E-state index < -0.39 is 0 Å². The van der Waals surface area contributed by atoms with Crippen LogP contribution in [0.15, 0.2) is 6.33 Å². The molecule has 0 saturated heterocycles. The van der Waals surface area contributed by atoms with Crippen LogP contribution in [0.1, 0.15) is 39.7 Å². The van der Waals surface area contributed by atoms with Crippen molar-refractivity contribution in [2.24, 2.45) is 5.92 Å². The molecule has 0 saturated carbocycles. The Morgan fingerprint density at radius 2 is 1.90 bits per heavy atom. The summed E-state index contributed by atoms with van der Waals surface area (Å²) in [5.74, 6) is 1.95. The van der Waals surface area contributed by atoms with Gasteiger partial charge in [-0.05, 0) is 19.3 Å². The molecule has 0 spiro atoms. The quantitative estimate of drug-likeness (QED) is 0.683. The smallest absolute Gasteiger partial charge is 0.242 e. The van der Waals surface area contributed by atoms with E-state index in [4.69, 9.17) is 0 Å². The third-order valence-electron chi connectivity index (χ3n) is 3.11. The van der Waals surface area contributed by atoms with Crippen LogP contribution in [0, 0.1) is 5.92 Å². The van der Waals surface area contributed by atoms with Crippen LogP contribution in [-0.2, 0) is 11.2 Å². The topological polar surface area (TPSA) is 78.9 Å². The van der Waals surface area contributed by atoms with E-state index >= 15 is 0 Å². The minimum Gasteiger partial charge on any atom is -0.373 e. The molecule has 0 aliphatic carbocycles. The van der Waals surface area contributed by atoms with E-state index in [1.807, 2.05) is 14.0 Å². The van der Waals surface area contributed by atoms with Crippen molar-refractivity contribution in [1.82, 2.24) is 15.3 Å². The highest BCUT2D eigenvalue weighted by atomic mass is 16.2. The van der Waals surface area contributed by atoms with Crippen LogP contribution < -0.4 is 16.0 Å². The Bertz CT molecular complexity index is 461. The first kappa shape index (κ1) is 17.2. The molecule has 0 aliphatic heterocycles. The Kier molecular flexibility index (Phi) is 6.91. The average molecular weight is 293 g/mol. The number of carbonyl (C=O) groups is 1. The third-order valence-corrected chi connectivity index (χ3v) is 3.11. The average Bonchev–Trinajstić information content (AvgIpc) is 2.46. The molecule has 6 nitrogen and oxygen atoms in total. The van der Waals surface area contributed by atoms with Gasteiger partial charge in [0.25, 0.3) is 0 Å². The molecule has 1 heterocycles. The van der Waals surface area contributed by atoms with E-state index in [-0.39, 0.29) is 11.9 Å². The summed E-state index contributed by atoms with van der Waals surface area (Å²) in [5, 5.41) is 9.18. The van der Waals surface area contributed by atoms with Gasteiger partial charge in [-0.15, -0.1) is 0 Å². The lowest BCUT2D eigenvalue weighted by Crippen LogP contribution is -2.39. The van der Waals surface area contributed by atoms with Crippen LogP contribution in [0.2, 0.25) is 0 Å². The van der Waals surface area contributed by atoms with Crippen molar-refractivity contribution in [3.8, 4) is 0 Å². The molecule has 6 heteroatoms. The Labute approximate surface area is 127 Å². The van der Waals surface area contributed by atoms with Gasteiger partial charge in [-0.25, -0.2) is 9.97 Å². The van der Waals surface area contributed by atoms with E-state index in [2.05, 4.69) is 46.7 Å². The second-order valence-corrected chi connectivity index (χ2v) is 5.55. The zero-order chi connectivity index (χ0) is 15.8. The first-order valence-electron chi connectivity index (χ1n) is 7.55. The van der Waals surface area contributed by atoms with Crippen LogP contribution in [0.5, 0.6) is 0 Å². The molecule has 1 atom stereocenters. The second kappa shape index (κ2) is 8.44. The van der Waals surface area contributed by atoms with Gasteiger partial charge in [-0.3, -0.25) is 4.79 Å². The SMILES string of the molecule is CCCc1c(NC)ncnc1NC(C)C(=O)NCC(C)C. The zero-order valence-electron chi connectivity index (χ0n) is 13.7. The number of nitrogens with zero attached hydrogens (tertiary/aromatic N) is 2. The molecule has 0 aliphatic rings. The van der Waals surface area contributed by atoms with Gasteiger partial charge in [0.15, 0.2) is 0 Å². The lowest BCUT2D eigenvalue weighted by molar-refractivity contribution is -0.121. The van der Waals surface area contributed by atoms with Crippen molar-refractivity contribution in [1.29, 1.82) is 0 Å². The van der Waals surface area contributed by atoms with Crippen LogP contribution in [-0.4, -0.2) is 35.5 Å². The molecule has 0 bridgehead atoms. The Morgan fingerprint density at radius 1 is 1.24 bits per heavy atom. The standard InChI is InChI=1S/C15H27N5O/c1-6-7-12-13(16-5)18-9-19-14(12)20-11(4)15(21)17-8-10(2)3/h9-11H,6-8H2,1-5H3,(H,17,21)(H2,16,18,19,20). The molecule has 0 aromatic carbocycles. The van der Waals surface area contributed by atoms with Crippen molar-refractivity contribution in [3.05, 3.63) is 11.9 Å². The zero-order valence-corrected chi connectivity index (χ0v) is 13.7. The number of nitrogens with one attached hydrogen (secondary N) is 3. The molecular formula is C15H27N5O. The highest BCUT2D eigenvalue weighted by Crippen LogP contribution is 2.21. The minimum atomic E-state index is -0.334. The number of rotatable bonds is 8. The summed E-state index contributed by atoms with van der Waals surface area (Å²) in [7, 11) is 1.84. The van der Waals surface area contributed by atoms with Crippen molar-refractivity contribution >= 4 is 17.5 Å². The van der Waals surface area contributed by atoms with Crippen LogP contribution in [0.25, 0.3) is 0 Å². The van der Waals surface area contributed by atoms with Gasteiger partial charge in [0, 0.05) is 19.2 Å². The summed E-state index contributed by atoms with van der Waals surface area (Å²) < 4.78 is 0. The summed E-state index contributed by atoms with van der Waals surface area (Å²) in [5.41, 5.74) is 1.02. The molecule has 118 valence electrons. The Morgan fingerprint density at radius 3 is 2.48 bits per heavy atom. The number of anilines is 2. The van der Waals surface area contributed by atoms with Crippen LogP contribution in [0.3, 0.4) is 0 Å². The maximum absolute atomic E-state index is 12.0. The molecule has 0 fully saturated rings. The molecule has 1 unspecified atom stereocenters. The predicted octanol–water partition coefficient (Wildman–Crippen LogP) is 2.04. The fourth-order valence-corrected chi connectivity index (χ4v) is 1.97. The van der Waals surface area contributed by atoms with E-state index in [1.54, 1.807) is 0 Å². The van der Waals surface area contributed by atoms with Crippen molar-refractivity contribution in [2.75, 3.05) is 24.2 Å². The van der Waals surface area contributed by atoms with Gasteiger partial charge in [-0.2, -0.15) is 0 Å². The van der Waals surface area contributed by atoms with E-state index in [1.165, 1.54) is 6.33 Å². The largest absolute Gasteiger partial charge is 0.373 e. The lowest BCUT2D eigenvalue weighted by atomic mass is 10.1. The fourth-order valence-electron chi connectivity index (χ4n) is 1.97. The summed E-state index contributed by atoms with van der Waals surface area (Å²) in [6.07, 6.45) is 3.36. The van der Waals surface area contributed by atoms with Gasteiger partial charge >= 0.3 is 0 Å². The number of hydrogen-bond donors (Lipinski definition) is 3. The molecule has 0 radical (unpaired) electrons. The molecule has 1 aromatic rings. The minimum absolute atomic E-state index is 0.0178. The highest BCUT2D eigenvalue weighted by molar-refractivity contribution is 5.84. The maximum atomic E-state index is 12.0. The first-order valence-corrected chi connectivity index (χ1v) is 7.55. The predicted molar refractivity (Wildman–Crippen MR) is 86.5 cm³/mol. The summed E-state index contributed by atoms with van der Waals surface area (Å²) >= 11 is 0. The van der Waals surface area contributed by atoms with Gasteiger partial charge in [-0.1, -0.05) is 27.2 Å². The van der Waals surface area contributed by atoms with Crippen molar-refractivity contribution in [3.63, 3.8) is 0 Å². The van der Waals surface area contributed by atoms with Crippen LogP contribution in [0.4, 0.5) is 11.6 Å². The van der Waals surface area contributed by atoms with Gasteiger partial charge in [0.1, 0.15) is 24.0 Å². The van der Waals surface area contributed by atoms with Crippen LogP contribution >= 0.6 is 0 Å². The number of amides is 1. The molecule has 1 rings (SSSR count). The molecule has 1 amide bonds. The summed E-state index contributed by atoms with van der Waals surface area (Å²) in [4.78, 5) is 20.5. The lowest BCUT2D eigenvalue weighted by Gasteiger charge is -2.18. The van der Waals surface area contributed by atoms with Gasteiger partial charge in [0.05, 0.1) is 0 Å². The molecule has 21 heavy (non-hydrogen) atoms. The molecule has 1 aromatic heterocycles. The second-order valence-electron chi connectivity index (χ2n) is 5.55. The number of aromatic nitrogens is 2. The number of carbonyl (C=O) groups excluding carboxylic acids is 1. The fraction of sp³-hybridized carbons (Fsp3) is 0.667. The van der Waals surface area contributed by atoms with E-state index in [0.717, 1.165) is 30.0 Å².